The highest BCUT2D eigenvalue weighted by molar-refractivity contribution is 7.88. The number of rotatable bonds is 5. The summed E-state index contributed by atoms with van der Waals surface area (Å²) in [5.41, 5.74) is 1.06. The van der Waals surface area contributed by atoms with Crippen molar-refractivity contribution in [2.75, 3.05) is 37.3 Å². The van der Waals surface area contributed by atoms with Crippen LogP contribution in [-0.2, 0) is 21.4 Å². The van der Waals surface area contributed by atoms with Gasteiger partial charge in [-0.05, 0) is 12.0 Å². The number of carbonyl (C=O) groups is 1. The molecule has 0 aliphatic carbocycles. The van der Waals surface area contributed by atoms with Gasteiger partial charge in [-0.15, -0.1) is 10.2 Å². The third-order valence-corrected chi connectivity index (χ3v) is 6.25. The van der Waals surface area contributed by atoms with Crippen molar-refractivity contribution in [2.24, 2.45) is 0 Å². The Bertz CT molecular complexity index is 943. The van der Waals surface area contributed by atoms with Crippen LogP contribution in [0.5, 0.6) is 0 Å². The molecule has 2 saturated heterocycles. The molecule has 0 radical (unpaired) electrons. The number of aromatic nitrogens is 3. The maximum Gasteiger partial charge on any atom is 0.239 e. The molecule has 10 heteroatoms. The van der Waals surface area contributed by atoms with E-state index in [1.807, 2.05) is 39.8 Å². The first kappa shape index (κ1) is 17.9. The Morgan fingerprint density at radius 2 is 1.96 bits per heavy atom. The van der Waals surface area contributed by atoms with Gasteiger partial charge in [-0.3, -0.25) is 9.36 Å². The number of hydrogen-bond acceptors (Lipinski definition) is 6. The fourth-order valence-electron chi connectivity index (χ4n) is 3.53. The van der Waals surface area contributed by atoms with Crippen LogP contribution < -0.4 is 10.2 Å². The van der Waals surface area contributed by atoms with Gasteiger partial charge in [0.1, 0.15) is 0 Å². The lowest BCUT2D eigenvalue weighted by Crippen LogP contribution is -2.49. The Morgan fingerprint density at radius 3 is 2.59 bits per heavy atom. The first-order chi connectivity index (χ1) is 12.9. The lowest BCUT2D eigenvalue weighted by molar-refractivity contribution is -0.120. The monoisotopic (exact) mass is 390 g/mol. The molecule has 2 aliphatic rings. The zero-order valence-corrected chi connectivity index (χ0v) is 15.9. The van der Waals surface area contributed by atoms with E-state index in [4.69, 9.17) is 0 Å². The average Bonchev–Trinajstić information content (AvgIpc) is 2.96. The van der Waals surface area contributed by atoms with Crippen molar-refractivity contribution in [3.05, 3.63) is 41.7 Å². The predicted molar refractivity (Wildman–Crippen MR) is 99.7 cm³/mol. The molecule has 4 rings (SSSR count). The summed E-state index contributed by atoms with van der Waals surface area (Å²) in [6.07, 6.45) is 1.92. The fraction of sp³-hybridized carbons (Fsp3) is 0.471. The van der Waals surface area contributed by atoms with E-state index in [9.17, 15) is 13.2 Å². The Labute approximate surface area is 158 Å². The molecule has 2 aliphatic heterocycles. The molecule has 0 saturated carbocycles. The summed E-state index contributed by atoms with van der Waals surface area (Å²) in [7, 11) is -3.30. The van der Waals surface area contributed by atoms with Crippen molar-refractivity contribution in [3.63, 3.8) is 0 Å². The summed E-state index contributed by atoms with van der Waals surface area (Å²) >= 11 is 0. The molecule has 144 valence electrons. The van der Waals surface area contributed by atoms with Crippen molar-refractivity contribution < 1.29 is 13.2 Å². The van der Waals surface area contributed by atoms with Crippen molar-refractivity contribution in [1.29, 1.82) is 0 Å². The van der Waals surface area contributed by atoms with Crippen LogP contribution in [0.2, 0.25) is 0 Å². The maximum atomic E-state index is 12.0. The van der Waals surface area contributed by atoms with Gasteiger partial charge >= 0.3 is 0 Å². The normalized spacial score (nSPS) is 21.0. The van der Waals surface area contributed by atoms with E-state index >= 15 is 0 Å². The molecule has 2 aromatic rings. The lowest BCUT2D eigenvalue weighted by Gasteiger charge is -2.38. The smallest absolute Gasteiger partial charge is 0.239 e. The minimum atomic E-state index is -3.30. The van der Waals surface area contributed by atoms with Crippen LogP contribution >= 0.6 is 0 Å². The van der Waals surface area contributed by atoms with Crippen LogP contribution in [0, 0.1) is 0 Å². The van der Waals surface area contributed by atoms with E-state index in [1.165, 1.54) is 10.6 Å². The molecule has 0 bridgehead atoms. The molecule has 1 unspecified atom stereocenters. The molecule has 0 spiro atoms. The summed E-state index contributed by atoms with van der Waals surface area (Å²) in [4.78, 5) is 13.7. The topological polar surface area (TPSA) is 100 Å². The highest BCUT2D eigenvalue weighted by Gasteiger charge is 2.40. The van der Waals surface area contributed by atoms with E-state index in [-0.39, 0.29) is 18.5 Å². The van der Waals surface area contributed by atoms with Gasteiger partial charge in [-0.2, -0.15) is 4.31 Å². The van der Waals surface area contributed by atoms with Crippen molar-refractivity contribution in [3.8, 4) is 0 Å². The lowest BCUT2D eigenvalue weighted by atomic mass is 10.1. The van der Waals surface area contributed by atoms with Crippen molar-refractivity contribution in [1.82, 2.24) is 24.4 Å². The number of nitrogens with one attached hydrogen (secondary N) is 1. The van der Waals surface area contributed by atoms with E-state index in [0.717, 1.165) is 5.56 Å². The zero-order valence-electron chi connectivity index (χ0n) is 15.1. The number of nitrogens with zero attached hydrogens (tertiary/aromatic N) is 5. The molecule has 9 nitrogen and oxygen atoms in total. The fourth-order valence-corrected chi connectivity index (χ4v) is 4.63. The first-order valence-corrected chi connectivity index (χ1v) is 10.7. The SMILES string of the molecule is CS(=O)(=O)N1CCC1c1nnc(N2CCNC(=O)C2)n1Cc1ccccc1. The highest BCUT2D eigenvalue weighted by atomic mass is 32.2. The third-order valence-electron chi connectivity index (χ3n) is 4.96. The standard InChI is InChI=1S/C17H22N6O3S/c1-27(25,26)23-9-7-14(23)16-19-20-17(21-10-8-18-15(24)12-21)22(16)11-13-5-3-2-4-6-13/h2-6,14H,7-12H2,1H3,(H,18,24). The predicted octanol–water partition coefficient (Wildman–Crippen LogP) is -0.0310. The van der Waals surface area contributed by atoms with Crippen molar-refractivity contribution in [2.45, 2.75) is 19.0 Å². The van der Waals surface area contributed by atoms with E-state index in [2.05, 4.69) is 15.5 Å². The second-order valence-corrected chi connectivity index (χ2v) is 8.81. The van der Waals surface area contributed by atoms with E-state index in [0.29, 0.717) is 44.4 Å². The molecule has 3 heterocycles. The molecule has 1 amide bonds. The van der Waals surface area contributed by atoms with E-state index in [1.54, 1.807) is 0 Å². The van der Waals surface area contributed by atoms with Gasteiger partial charge in [0.15, 0.2) is 5.82 Å². The largest absolute Gasteiger partial charge is 0.353 e. The summed E-state index contributed by atoms with van der Waals surface area (Å²) in [5.74, 6) is 1.17. The van der Waals surface area contributed by atoms with Crippen LogP contribution in [0.1, 0.15) is 23.9 Å². The summed E-state index contributed by atoms with van der Waals surface area (Å²) in [6, 6.07) is 9.56. The number of amides is 1. The van der Waals surface area contributed by atoms with Crippen LogP contribution in [0.4, 0.5) is 5.95 Å². The molecule has 1 aromatic heterocycles. The molecule has 1 N–H and O–H groups in total. The highest BCUT2D eigenvalue weighted by Crippen LogP contribution is 2.36. The minimum Gasteiger partial charge on any atom is -0.353 e. The summed E-state index contributed by atoms with van der Waals surface area (Å²) < 4.78 is 27.4. The molecular weight excluding hydrogens is 368 g/mol. The number of piperazine rings is 1. The van der Waals surface area contributed by atoms with E-state index < -0.39 is 10.0 Å². The minimum absolute atomic E-state index is 0.0570. The number of hydrogen-bond donors (Lipinski definition) is 1. The Balaban J connectivity index is 1.72. The van der Waals surface area contributed by atoms with Crippen LogP contribution in [0.15, 0.2) is 30.3 Å². The Hall–Kier alpha value is -2.46. The van der Waals surface area contributed by atoms with Crippen LogP contribution in [-0.4, -0.2) is 65.8 Å². The number of benzene rings is 1. The maximum absolute atomic E-state index is 12.0. The van der Waals surface area contributed by atoms with Crippen LogP contribution in [0.25, 0.3) is 0 Å². The summed E-state index contributed by atoms with van der Waals surface area (Å²) in [6.45, 7) is 2.41. The van der Waals surface area contributed by atoms with Gasteiger partial charge in [0, 0.05) is 19.6 Å². The molecule has 27 heavy (non-hydrogen) atoms. The second-order valence-electron chi connectivity index (χ2n) is 6.88. The Morgan fingerprint density at radius 1 is 1.19 bits per heavy atom. The first-order valence-electron chi connectivity index (χ1n) is 8.89. The average molecular weight is 390 g/mol. The number of anilines is 1. The van der Waals surface area contributed by atoms with Crippen LogP contribution in [0.3, 0.4) is 0 Å². The molecular formula is C17H22N6O3S. The molecule has 1 aromatic carbocycles. The zero-order chi connectivity index (χ0) is 19.0. The Kier molecular flexibility index (Phi) is 4.60. The van der Waals surface area contributed by atoms with Gasteiger partial charge in [0.05, 0.1) is 25.4 Å². The number of sulfonamides is 1. The summed E-state index contributed by atoms with van der Waals surface area (Å²) in [5, 5.41) is 11.5. The van der Waals surface area contributed by atoms with Gasteiger partial charge in [-0.1, -0.05) is 30.3 Å². The van der Waals surface area contributed by atoms with Gasteiger partial charge < -0.3 is 10.2 Å². The van der Waals surface area contributed by atoms with Gasteiger partial charge in [-0.25, -0.2) is 8.42 Å². The second kappa shape index (κ2) is 6.93. The molecule has 1 atom stereocenters. The van der Waals surface area contributed by atoms with Crippen molar-refractivity contribution >= 4 is 21.9 Å². The number of carbonyl (C=O) groups excluding carboxylic acids is 1. The van der Waals surface area contributed by atoms with Gasteiger partial charge in [0.2, 0.25) is 21.9 Å². The quantitative estimate of drug-likeness (QED) is 0.770. The third kappa shape index (κ3) is 3.54. The molecule has 2 fully saturated rings. The van der Waals surface area contributed by atoms with Gasteiger partial charge in [0.25, 0.3) is 0 Å².